The maximum Gasteiger partial charge on any atom is 0.0826 e. The molecule has 0 spiro atoms. The van der Waals surface area contributed by atoms with Gasteiger partial charge in [0, 0.05) is 0 Å². The largest absolute Gasteiger partial charge is 0.854 e. The van der Waals surface area contributed by atoms with Crippen molar-refractivity contribution >= 4 is 0 Å². The normalized spacial score (nSPS) is 10.3. The summed E-state index contributed by atoms with van der Waals surface area (Å²) >= 11 is 0. The Morgan fingerprint density at radius 3 is 2.50 bits per heavy atom. The Morgan fingerprint density at radius 2 is 2.33 bits per heavy atom. The van der Waals surface area contributed by atoms with Crippen molar-refractivity contribution in [1.29, 1.82) is 0 Å². The van der Waals surface area contributed by atoms with E-state index in [1.54, 1.807) is 0 Å². The molecular weight excluding hydrogens is 83.0 g/mol. The Labute approximate surface area is 36.1 Å². The Morgan fingerprint density at radius 1 is 1.67 bits per heavy atom. The lowest BCUT2D eigenvalue weighted by molar-refractivity contribution is -0.366. The van der Waals surface area contributed by atoms with Gasteiger partial charge in [-0.15, -0.1) is 6.61 Å². The quantitative estimate of drug-likeness (QED) is 0.474. The fourth-order valence-electron chi connectivity index (χ4n) is 0.131. The van der Waals surface area contributed by atoms with Crippen LogP contribution in [0.4, 0.5) is 4.39 Å². The molecule has 0 bridgehead atoms. The van der Waals surface area contributed by atoms with Crippen LogP contribution >= 0.6 is 0 Å². The molecule has 1 nitrogen and oxygen atoms in total. The van der Waals surface area contributed by atoms with Gasteiger partial charge in [-0.3, -0.25) is 0 Å². The zero-order chi connectivity index (χ0) is 4.83. The number of halogens is 1. The summed E-state index contributed by atoms with van der Waals surface area (Å²) < 4.78 is 10.9. The summed E-state index contributed by atoms with van der Waals surface area (Å²) in [4.78, 5) is 0. The minimum atomic E-state index is -0.222. The SMILES string of the molecule is [O-]CC/C=C/F. The van der Waals surface area contributed by atoms with Gasteiger partial charge < -0.3 is 5.11 Å². The van der Waals surface area contributed by atoms with E-state index < -0.39 is 0 Å². The van der Waals surface area contributed by atoms with Gasteiger partial charge in [0.15, 0.2) is 0 Å². The van der Waals surface area contributed by atoms with Gasteiger partial charge in [0.2, 0.25) is 0 Å². The van der Waals surface area contributed by atoms with E-state index in [0.717, 1.165) is 0 Å². The van der Waals surface area contributed by atoms with Crippen molar-refractivity contribution < 1.29 is 9.50 Å². The van der Waals surface area contributed by atoms with Crippen LogP contribution in [0.2, 0.25) is 0 Å². The fourth-order valence-corrected chi connectivity index (χ4v) is 0.131. The van der Waals surface area contributed by atoms with Gasteiger partial charge >= 0.3 is 0 Å². The monoisotopic (exact) mass is 89.0 g/mol. The Kier molecular flexibility index (Phi) is 4.34. The average Bonchev–Trinajstić information content (AvgIpc) is 1.61. The highest BCUT2D eigenvalue weighted by molar-refractivity contribution is 4.69. The first kappa shape index (κ1) is 5.63. The summed E-state index contributed by atoms with van der Waals surface area (Å²) in [5.41, 5.74) is 0. The van der Waals surface area contributed by atoms with Gasteiger partial charge in [0.1, 0.15) is 0 Å². The van der Waals surface area contributed by atoms with Crippen molar-refractivity contribution in [2.24, 2.45) is 0 Å². The first-order valence-corrected chi connectivity index (χ1v) is 1.75. The van der Waals surface area contributed by atoms with E-state index in [1.165, 1.54) is 6.08 Å². The first-order valence-electron chi connectivity index (χ1n) is 1.75. The van der Waals surface area contributed by atoms with Crippen molar-refractivity contribution in [2.45, 2.75) is 6.42 Å². The molecule has 0 aliphatic rings. The van der Waals surface area contributed by atoms with Crippen molar-refractivity contribution in [3.8, 4) is 0 Å². The van der Waals surface area contributed by atoms with Crippen LogP contribution in [0.1, 0.15) is 6.42 Å². The third-order valence-corrected chi connectivity index (χ3v) is 0.374. The molecule has 0 unspecified atom stereocenters. The predicted molar refractivity (Wildman–Crippen MR) is 19.7 cm³/mol. The summed E-state index contributed by atoms with van der Waals surface area (Å²) in [5.74, 6) is 0. The van der Waals surface area contributed by atoms with Crippen LogP contribution in [-0.4, -0.2) is 6.61 Å². The summed E-state index contributed by atoms with van der Waals surface area (Å²) in [6.45, 7) is -0.222. The van der Waals surface area contributed by atoms with Crippen molar-refractivity contribution in [1.82, 2.24) is 0 Å². The lowest BCUT2D eigenvalue weighted by Gasteiger charge is -1.91. The van der Waals surface area contributed by atoms with Gasteiger partial charge in [-0.05, 0) is 6.42 Å². The highest BCUT2D eigenvalue weighted by atomic mass is 19.1. The molecule has 36 valence electrons. The summed E-state index contributed by atoms with van der Waals surface area (Å²) in [7, 11) is 0. The summed E-state index contributed by atoms with van der Waals surface area (Å²) in [6.07, 6.45) is 1.89. The molecule has 0 N–H and O–H groups in total. The summed E-state index contributed by atoms with van der Waals surface area (Å²) in [6, 6.07) is 0. The second-order valence-electron chi connectivity index (χ2n) is 0.854. The lowest BCUT2D eigenvalue weighted by atomic mass is 10.5. The minimum absolute atomic E-state index is 0.222. The summed E-state index contributed by atoms with van der Waals surface area (Å²) in [5, 5.41) is 9.47. The molecule has 0 saturated heterocycles. The molecule has 0 saturated carbocycles. The topological polar surface area (TPSA) is 23.1 Å². The minimum Gasteiger partial charge on any atom is -0.854 e. The maximum absolute atomic E-state index is 10.9. The van der Waals surface area contributed by atoms with Gasteiger partial charge in [0.25, 0.3) is 0 Å². The van der Waals surface area contributed by atoms with E-state index in [4.69, 9.17) is 0 Å². The average molecular weight is 89.1 g/mol. The molecule has 6 heavy (non-hydrogen) atoms. The number of hydrogen-bond donors (Lipinski definition) is 0. The van der Waals surface area contributed by atoms with Crippen LogP contribution in [-0.2, 0) is 0 Å². The second kappa shape index (κ2) is 4.63. The molecule has 0 aromatic rings. The van der Waals surface area contributed by atoms with E-state index in [9.17, 15) is 9.50 Å². The first-order chi connectivity index (χ1) is 2.91. The van der Waals surface area contributed by atoms with Gasteiger partial charge in [-0.25, -0.2) is 4.39 Å². The standard InChI is InChI=1S/C4H6FO/c5-3-1-2-4-6/h1,3H,2,4H2/q-1/b3-1+. The van der Waals surface area contributed by atoms with Crippen molar-refractivity contribution in [2.75, 3.05) is 6.61 Å². The Balaban J connectivity index is 2.66. The van der Waals surface area contributed by atoms with Crippen LogP contribution < -0.4 is 5.11 Å². The van der Waals surface area contributed by atoms with Crippen LogP contribution in [0, 0.1) is 0 Å². The molecule has 0 aromatic carbocycles. The lowest BCUT2D eigenvalue weighted by Crippen LogP contribution is -2.02. The molecule has 0 amide bonds. The van der Waals surface area contributed by atoms with E-state index in [1.807, 2.05) is 0 Å². The smallest absolute Gasteiger partial charge is 0.0826 e. The Hall–Kier alpha value is -0.370. The zero-order valence-corrected chi connectivity index (χ0v) is 3.36. The number of hydrogen-bond acceptors (Lipinski definition) is 1. The van der Waals surface area contributed by atoms with Crippen molar-refractivity contribution in [3.63, 3.8) is 0 Å². The van der Waals surface area contributed by atoms with E-state index in [-0.39, 0.29) is 6.61 Å². The molecule has 0 atom stereocenters. The van der Waals surface area contributed by atoms with Crippen LogP contribution in [0.3, 0.4) is 0 Å². The van der Waals surface area contributed by atoms with Gasteiger partial charge in [0.05, 0.1) is 6.33 Å². The zero-order valence-electron chi connectivity index (χ0n) is 3.36. The third kappa shape index (κ3) is 3.63. The molecule has 0 aliphatic heterocycles. The molecule has 0 fully saturated rings. The third-order valence-electron chi connectivity index (χ3n) is 0.374. The molecular formula is C4H6FO-. The van der Waals surface area contributed by atoms with Crippen molar-refractivity contribution in [3.05, 3.63) is 12.4 Å². The van der Waals surface area contributed by atoms with Crippen LogP contribution in [0.25, 0.3) is 0 Å². The Bertz CT molecular complexity index is 42.8. The second-order valence-corrected chi connectivity index (χ2v) is 0.854. The highest BCUT2D eigenvalue weighted by Gasteiger charge is 1.60. The molecule has 0 aliphatic carbocycles. The molecule has 0 radical (unpaired) electrons. The fraction of sp³-hybridized carbons (Fsp3) is 0.500. The van der Waals surface area contributed by atoms with Crippen LogP contribution in [0.5, 0.6) is 0 Å². The molecule has 0 rings (SSSR count). The van der Waals surface area contributed by atoms with E-state index >= 15 is 0 Å². The van der Waals surface area contributed by atoms with E-state index in [2.05, 4.69) is 0 Å². The van der Waals surface area contributed by atoms with Crippen LogP contribution in [0.15, 0.2) is 12.4 Å². The molecule has 2 heteroatoms. The number of rotatable bonds is 2. The van der Waals surface area contributed by atoms with E-state index in [0.29, 0.717) is 12.8 Å². The predicted octanol–water partition coefficient (Wildman–Crippen LogP) is 0.220. The maximum atomic E-state index is 10.9. The van der Waals surface area contributed by atoms with Gasteiger partial charge in [-0.2, -0.15) is 0 Å². The van der Waals surface area contributed by atoms with Gasteiger partial charge in [-0.1, -0.05) is 6.08 Å². The molecule has 0 aromatic heterocycles. The molecule has 0 heterocycles. The highest BCUT2D eigenvalue weighted by Crippen LogP contribution is 1.76.